The third kappa shape index (κ3) is 3.32. The molecule has 0 aromatic carbocycles. The van der Waals surface area contributed by atoms with Crippen molar-refractivity contribution in [3.05, 3.63) is 54.6 Å². The first-order valence-corrected chi connectivity index (χ1v) is 10.6. The maximum absolute atomic E-state index is 4.61. The van der Waals surface area contributed by atoms with Crippen LogP contribution in [0.3, 0.4) is 0 Å². The molecule has 0 fully saturated rings. The average Bonchev–Trinajstić information content (AvgIpc) is 3.17. The summed E-state index contributed by atoms with van der Waals surface area (Å²) in [6.45, 7) is 6.68. The largest absolute Gasteiger partial charge is 0.223 e. The first-order valence-electron chi connectivity index (χ1n) is 7.07. The van der Waals surface area contributed by atoms with Gasteiger partial charge in [0, 0.05) is 30.4 Å². The predicted octanol–water partition coefficient (Wildman–Crippen LogP) is 2.68. The first kappa shape index (κ1) is 14.3. The van der Waals surface area contributed by atoms with Gasteiger partial charge in [0.05, 0.1) is 0 Å². The van der Waals surface area contributed by atoms with E-state index < -0.39 is 8.07 Å². The van der Waals surface area contributed by atoms with Gasteiger partial charge in [0.2, 0.25) is 0 Å². The molecule has 110 valence electrons. The van der Waals surface area contributed by atoms with Gasteiger partial charge in [0.15, 0.2) is 11.6 Å². The topological polar surface area (TPSA) is 48.5 Å². The molecule has 3 aromatic heterocycles. The van der Waals surface area contributed by atoms with Gasteiger partial charge in [-0.3, -0.25) is 0 Å². The Morgan fingerprint density at radius 2 is 1.45 bits per heavy atom. The number of nitrogens with zero attached hydrogens (tertiary/aromatic N) is 5. The van der Waals surface area contributed by atoms with E-state index in [1.54, 1.807) is 21.8 Å². The van der Waals surface area contributed by atoms with Crippen molar-refractivity contribution in [2.45, 2.75) is 19.6 Å². The predicted molar refractivity (Wildman–Crippen MR) is 88.7 cm³/mol. The number of aromatic nitrogens is 5. The number of hydrogen-bond donors (Lipinski definition) is 0. The molecule has 3 aromatic rings. The van der Waals surface area contributed by atoms with Crippen LogP contribution >= 0.6 is 0 Å². The average molecular weight is 307 g/mol. The van der Waals surface area contributed by atoms with Crippen LogP contribution in [0, 0.1) is 11.5 Å². The molecule has 0 aliphatic carbocycles. The van der Waals surface area contributed by atoms with Crippen molar-refractivity contribution in [2.75, 3.05) is 0 Å². The molecule has 3 heterocycles. The second-order valence-electron chi connectivity index (χ2n) is 5.97. The van der Waals surface area contributed by atoms with Crippen LogP contribution in [-0.2, 0) is 0 Å². The van der Waals surface area contributed by atoms with E-state index in [1.165, 1.54) is 0 Å². The Morgan fingerprint density at radius 3 is 1.86 bits per heavy atom. The van der Waals surface area contributed by atoms with Gasteiger partial charge in [0.25, 0.3) is 0 Å². The first-order chi connectivity index (χ1) is 10.5. The lowest BCUT2D eigenvalue weighted by atomic mass is 10.2. The molecule has 6 heteroatoms. The molecule has 0 saturated carbocycles. The van der Waals surface area contributed by atoms with Crippen molar-refractivity contribution in [3.63, 3.8) is 0 Å². The van der Waals surface area contributed by atoms with Crippen LogP contribution in [0.15, 0.2) is 49.1 Å². The summed E-state index contributed by atoms with van der Waals surface area (Å²) in [4.78, 5) is 4.61. The molecule has 0 saturated heterocycles. The normalized spacial score (nSPS) is 11.0. The smallest absolute Gasteiger partial charge is 0.157 e. The highest BCUT2D eigenvalue weighted by Gasteiger charge is 2.09. The fourth-order valence-electron chi connectivity index (χ4n) is 1.88. The molecule has 0 bridgehead atoms. The number of pyridine rings is 1. The zero-order valence-electron chi connectivity index (χ0n) is 12.9. The van der Waals surface area contributed by atoms with Crippen LogP contribution in [-0.4, -0.2) is 32.6 Å². The van der Waals surface area contributed by atoms with Gasteiger partial charge in [-0.15, -0.1) is 5.54 Å². The summed E-state index contributed by atoms with van der Waals surface area (Å²) in [5.74, 6) is 4.75. The summed E-state index contributed by atoms with van der Waals surface area (Å²) in [5.41, 5.74) is 4.31. The Morgan fingerprint density at radius 1 is 0.909 bits per heavy atom. The third-order valence-corrected chi connectivity index (χ3v) is 3.73. The van der Waals surface area contributed by atoms with Gasteiger partial charge in [-0.05, 0) is 24.3 Å². The summed E-state index contributed by atoms with van der Waals surface area (Å²) < 4.78 is 3.46. The Hall–Kier alpha value is -2.65. The highest BCUT2D eigenvalue weighted by Crippen LogP contribution is 2.12. The molecular formula is C16H17N5Si. The minimum Gasteiger partial charge on any atom is -0.223 e. The molecule has 0 unspecified atom stereocenters. The van der Waals surface area contributed by atoms with Crippen molar-refractivity contribution < 1.29 is 0 Å². The molecule has 0 amide bonds. The molecule has 0 spiro atoms. The van der Waals surface area contributed by atoms with E-state index >= 15 is 0 Å². The van der Waals surface area contributed by atoms with Crippen molar-refractivity contribution in [3.8, 4) is 23.1 Å². The minimum atomic E-state index is -1.43. The van der Waals surface area contributed by atoms with Gasteiger partial charge in [-0.2, -0.15) is 10.2 Å². The van der Waals surface area contributed by atoms with E-state index in [-0.39, 0.29) is 0 Å². The zero-order valence-corrected chi connectivity index (χ0v) is 13.9. The maximum Gasteiger partial charge on any atom is 0.157 e. The van der Waals surface area contributed by atoms with Crippen molar-refractivity contribution in [1.82, 2.24) is 24.5 Å². The third-order valence-electron chi connectivity index (χ3n) is 2.86. The van der Waals surface area contributed by atoms with E-state index in [0.717, 1.165) is 17.2 Å². The van der Waals surface area contributed by atoms with E-state index in [2.05, 4.69) is 46.3 Å². The van der Waals surface area contributed by atoms with Crippen LogP contribution in [0.25, 0.3) is 11.6 Å². The van der Waals surface area contributed by atoms with E-state index in [0.29, 0.717) is 0 Å². The molecular weight excluding hydrogens is 290 g/mol. The van der Waals surface area contributed by atoms with Crippen LogP contribution in [0.4, 0.5) is 0 Å². The summed E-state index contributed by atoms with van der Waals surface area (Å²) in [5, 5.41) is 8.49. The fourth-order valence-corrected chi connectivity index (χ4v) is 2.40. The lowest BCUT2D eigenvalue weighted by Crippen LogP contribution is -2.16. The highest BCUT2D eigenvalue weighted by atomic mass is 28.3. The molecule has 0 atom stereocenters. The standard InChI is InChI=1S/C16H17N5Si/c1-22(2,3)11-6-14-12-15(20-9-4-7-17-20)19-16(13-14)21-10-5-8-18-21/h4-5,7-10,12-13H,1-3H3. The maximum atomic E-state index is 4.61. The molecule has 3 rings (SSSR count). The SMILES string of the molecule is C[Si](C)(C)C#Cc1cc(-n2cccn2)nc(-n2cccn2)c1. The van der Waals surface area contributed by atoms with Gasteiger partial charge in [0.1, 0.15) is 8.07 Å². The van der Waals surface area contributed by atoms with Crippen LogP contribution < -0.4 is 0 Å². The molecule has 22 heavy (non-hydrogen) atoms. The molecule has 0 aliphatic heterocycles. The number of rotatable bonds is 2. The van der Waals surface area contributed by atoms with Crippen LogP contribution in [0.1, 0.15) is 5.56 Å². The Bertz CT molecular complexity index is 765. The number of hydrogen-bond acceptors (Lipinski definition) is 3. The van der Waals surface area contributed by atoms with E-state index in [1.807, 2.05) is 36.7 Å². The lowest BCUT2D eigenvalue weighted by molar-refractivity contribution is 0.802. The van der Waals surface area contributed by atoms with Gasteiger partial charge in [-0.1, -0.05) is 25.6 Å². The Balaban J connectivity index is 2.11. The Kier molecular flexibility index (Phi) is 3.65. The monoisotopic (exact) mass is 307 g/mol. The summed E-state index contributed by atoms with van der Waals surface area (Å²) in [6.07, 6.45) is 7.20. The van der Waals surface area contributed by atoms with Crippen LogP contribution in [0.5, 0.6) is 0 Å². The van der Waals surface area contributed by atoms with Crippen molar-refractivity contribution >= 4 is 8.07 Å². The quantitative estimate of drug-likeness (QED) is 0.540. The van der Waals surface area contributed by atoms with Gasteiger partial charge < -0.3 is 0 Å². The van der Waals surface area contributed by atoms with Crippen molar-refractivity contribution in [1.29, 1.82) is 0 Å². The Labute approximate surface area is 130 Å². The summed E-state index contributed by atoms with van der Waals surface area (Å²) in [6, 6.07) is 7.64. The fraction of sp³-hybridized carbons (Fsp3) is 0.188. The molecule has 5 nitrogen and oxygen atoms in total. The molecule has 0 aliphatic rings. The minimum absolute atomic E-state index is 0.734. The zero-order chi connectivity index (χ0) is 15.6. The second-order valence-corrected chi connectivity index (χ2v) is 10.7. The molecule has 0 radical (unpaired) electrons. The van der Waals surface area contributed by atoms with E-state index in [4.69, 9.17) is 0 Å². The van der Waals surface area contributed by atoms with Crippen molar-refractivity contribution in [2.24, 2.45) is 0 Å². The molecule has 0 N–H and O–H groups in total. The second kappa shape index (κ2) is 5.62. The van der Waals surface area contributed by atoms with Gasteiger partial charge in [-0.25, -0.2) is 14.3 Å². The summed E-state index contributed by atoms with van der Waals surface area (Å²) in [7, 11) is -1.43. The highest BCUT2D eigenvalue weighted by molar-refractivity contribution is 6.83. The summed E-state index contributed by atoms with van der Waals surface area (Å²) >= 11 is 0. The van der Waals surface area contributed by atoms with Gasteiger partial charge >= 0.3 is 0 Å². The van der Waals surface area contributed by atoms with Crippen LogP contribution in [0.2, 0.25) is 19.6 Å². The lowest BCUT2D eigenvalue weighted by Gasteiger charge is -2.07. The van der Waals surface area contributed by atoms with E-state index in [9.17, 15) is 0 Å².